The lowest BCUT2D eigenvalue weighted by molar-refractivity contribution is -0.972. The molecule has 0 amide bonds. The summed E-state index contributed by atoms with van der Waals surface area (Å²) in [6, 6.07) is 5.30. The highest BCUT2D eigenvalue weighted by Crippen LogP contribution is 2.42. The van der Waals surface area contributed by atoms with Crippen molar-refractivity contribution in [2.45, 2.75) is 19.6 Å². The van der Waals surface area contributed by atoms with Crippen molar-refractivity contribution in [2.75, 3.05) is 27.7 Å². The summed E-state index contributed by atoms with van der Waals surface area (Å²) in [5.74, 6) is -22.3. The summed E-state index contributed by atoms with van der Waals surface area (Å²) in [5, 5.41) is 0. The first-order valence-electron chi connectivity index (χ1n) is 13.6. The summed E-state index contributed by atoms with van der Waals surface area (Å²) in [6.07, 6.45) is 0. The molecule has 0 bridgehead atoms. The maximum atomic E-state index is 15.3. The lowest BCUT2D eigenvalue weighted by Gasteiger charge is -2.45. The van der Waals surface area contributed by atoms with Gasteiger partial charge in [-0.25, -0.2) is 43.9 Å². The summed E-state index contributed by atoms with van der Waals surface area (Å²) >= 11 is 0. The van der Waals surface area contributed by atoms with Crippen LogP contribution in [0, 0.1) is 75.9 Å². The molecular weight excluding hydrogens is 689 g/mol. The number of benzene rings is 4. The van der Waals surface area contributed by atoms with Crippen LogP contribution in [0.2, 0.25) is 0 Å². The van der Waals surface area contributed by atoms with Gasteiger partial charge in [-0.2, -0.15) is 6.07 Å². The van der Waals surface area contributed by atoms with Crippen molar-refractivity contribution in [3.63, 3.8) is 0 Å². The van der Waals surface area contributed by atoms with Crippen LogP contribution in [-0.2, 0) is 10.5 Å². The smallest absolute Gasteiger partial charge is 0.489 e. The van der Waals surface area contributed by atoms with Gasteiger partial charge in [0.15, 0.2) is 52.4 Å². The van der Waals surface area contributed by atoms with Crippen molar-refractivity contribution in [3.8, 4) is 17.2 Å². The molecule has 0 N–H and O–H groups in total. The van der Waals surface area contributed by atoms with Gasteiger partial charge in [-0.05, 0) is 6.92 Å². The van der Waals surface area contributed by atoms with Crippen LogP contribution in [0.15, 0.2) is 42.5 Å². The second-order valence-electron chi connectivity index (χ2n) is 10.6. The first-order valence-corrected chi connectivity index (χ1v) is 13.6. The van der Waals surface area contributed by atoms with Crippen molar-refractivity contribution in [3.05, 3.63) is 124 Å². The minimum atomic E-state index is -2.39. The van der Waals surface area contributed by atoms with Crippen molar-refractivity contribution >= 4 is 7.32 Å². The Kier molecular flexibility index (Phi) is 12.2. The molecule has 1 atom stereocenters. The molecule has 0 aliphatic rings. The normalized spacial score (nSPS) is 12.5. The van der Waals surface area contributed by atoms with E-state index in [1.165, 1.54) is 6.92 Å². The Morgan fingerprint density at radius 2 is 0.980 bits per heavy atom. The van der Waals surface area contributed by atoms with E-state index in [1.807, 2.05) is 0 Å². The molecule has 4 rings (SSSR count). The Bertz CT molecular complexity index is 1700. The number of rotatable bonds is 10. The molecule has 4 aromatic carbocycles. The van der Waals surface area contributed by atoms with E-state index in [4.69, 9.17) is 18.7 Å². The molecule has 264 valence electrons. The van der Waals surface area contributed by atoms with Crippen LogP contribution >= 0.6 is 0 Å². The van der Waals surface area contributed by atoms with E-state index in [-0.39, 0.29) is 11.0 Å². The van der Waals surface area contributed by atoms with Gasteiger partial charge in [0.2, 0.25) is 5.72 Å². The first kappa shape index (κ1) is 38.9. The lowest BCUT2D eigenvalue weighted by atomic mass is 9.97. The molecule has 0 radical (unpaired) electrons. The van der Waals surface area contributed by atoms with E-state index < -0.39 is 106 Å². The average Bonchev–Trinajstić information content (AvgIpc) is 3.03. The molecule has 0 saturated carbocycles. The number of ether oxygens (including phenoxy) is 1. The van der Waals surface area contributed by atoms with Crippen LogP contribution in [0.1, 0.15) is 19.4 Å². The number of methoxy groups -OCH3 is 1. The third-order valence-corrected chi connectivity index (χ3v) is 7.38. The van der Waals surface area contributed by atoms with Gasteiger partial charge in [-0.3, -0.25) is 13.3 Å². The Morgan fingerprint density at radius 3 is 1.35 bits per heavy atom. The van der Waals surface area contributed by atoms with Gasteiger partial charge in [0.25, 0.3) is 0 Å². The van der Waals surface area contributed by atoms with Crippen LogP contribution in [0.3, 0.4) is 0 Å². The molecule has 18 heteroatoms. The molecule has 1 unspecified atom stereocenters. The van der Waals surface area contributed by atoms with Crippen LogP contribution in [0.4, 0.5) is 52.7 Å². The van der Waals surface area contributed by atoms with Crippen molar-refractivity contribution in [1.82, 2.24) is 0 Å². The van der Waals surface area contributed by atoms with Crippen LogP contribution in [0.25, 0.3) is 0 Å². The Morgan fingerprint density at radius 1 is 0.592 bits per heavy atom. The quantitative estimate of drug-likeness (QED) is 0.0414. The van der Waals surface area contributed by atoms with E-state index in [9.17, 15) is 48.3 Å². The molecule has 49 heavy (non-hydrogen) atoms. The van der Waals surface area contributed by atoms with E-state index in [0.717, 1.165) is 19.2 Å². The fraction of sp³-hybridized carbons (Fsp3) is 0.226. The largest absolute Gasteiger partial charge is 0.864 e. The molecule has 0 spiro atoms. The second kappa shape index (κ2) is 15.3. The highest BCUT2D eigenvalue weighted by molar-refractivity contribution is 6.39. The molecular formula is C31H24BF12NO4. The molecule has 5 nitrogen and oxygen atoms in total. The fourth-order valence-electron chi connectivity index (χ4n) is 4.08. The van der Waals surface area contributed by atoms with E-state index in [1.54, 1.807) is 21.0 Å². The topological polar surface area (TPSA) is 36.9 Å². The van der Waals surface area contributed by atoms with Gasteiger partial charge in [0, 0.05) is 56.0 Å². The van der Waals surface area contributed by atoms with Gasteiger partial charge in [-0.1, -0.05) is 0 Å². The molecule has 0 fully saturated rings. The minimum Gasteiger partial charge on any atom is -0.489 e. The monoisotopic (exact) mass is 713 g/mol. The Labute approximate surface area is 272 Å². The van der Waals surface area contributed by atoms with Gasteiger partial charge >= 0.3 is 7.32 Å². The Hall–Kier alpha value is -4.58. The number of nitrogens with zero attached hydrogens (tertiary/aromatic N) is 1. The summed E-state index contributed by atoms with van der Waals surface area (Å²) in [5.41, 5.74) is -2.50. The van der Waals surface area contributed by atoms with Crippen molar-refractivity contribution in [2.24, 2.45) is 0 Å². The summed E-state index contributed by atoms with van der Waals surface area (Å²) in [7, 11) is 1.88. The summed E-state index contributed by atoms with van der Waals surface area (Å²) < 4.78 is 183. The van der Waals surface area contributed by atoms with Gasteiger partial charge in [0.1, 0.15) is 22.8 Å². The van der Waals surface area contributed by atoms with Crippen LogP contribution in [-0.4, -0.2) is 39.6 Å². The highest BCUT2D eigenvalue weighted by Gasteiger charge is 2.49. The zero-order valence-corrected chi connectivity index (χ0v) is 25.9. The van der Waals surface area contributed by atoms with Gasteiger partial charge < -0.3 is 18.7 Å². The maximum Gasteiger partial charge on any atom is 0.864 e. The molecule has 0 saturated heterocycles. The molecule has 0 aliphatic heterocycles. The van der Waals surface area contributed by atoms with Crippen molar-refractivity contribution in [1.29, 1.82) is 0 Å². The van der Waals surface area contributed by atoms with Gasteiger partial charge in [0.05, 0.1) is 26.5 Å². The predicted molar refractivity (Wildman–Crippen MR) is 149 cm³/mol. The van der Waals surface area contributed by atoms with Crippen LogP contribution in [0.5, 0.6) is 17.2 Å². The molecule has 4 aromatic rings. The van der Waals surface area contributed by atoms with E-state index in [0.29, 0.717) is 30.3 Å². The van der Waals surface area contributed by atoms with E-state index in [2.05, 4.69) is 6.07 Å². The average molecular weight is 713 g/mol. The zero-order valence-electron chi connectivity index (χ0n) is 25.9. The summed E-state index contributed by atoms with van der Waals surface area (Å²) in [6.45, 7) is 3.26. The predicted octanol–water partition coefficient (Wildman–Crippen LogP) is 8.28. The zero-order chi connectivity index (χ0) is 37.0. The minimum absolute atomic E-state index is 0.197. The second-order valence-corrected chi connectivity index (χ2v) is 10.6. The third kappa shape index (κ3) is 8.36. The number of hydrogen-bond donors (Lipinski definition) is 0. The molecule has 0 aliphatic carbocycles. The highest BCUT2D eigenvalue weighted by atomic mass is 19.2. The molecule has 0 heterocycles. The molecule has 0 aromatic heterocycles. The first-order chi connectivity index (χ1) is 22.8. The SMILES string of the molecule is CC[N+](C)(C)C(C)(OC)c1c(OB(Oc2cc(F)c(F)c(F)c2)Oc2cc(F)c(F)c(F)c2)cc(F)c(F)c1F.Fc1c[c-]cc(F)c1F. The number of halogens is 12. The maximum absolute atomic E-state index is 15.3. The third-order valence-electron chi connectivity index (χ3n) is 7.38. The lowest BCUT2D eigenvalue weighted by Crippen LogP contribution is -2.57. The Balaban J connectivity index is 0.000000624. The standard InChI is InChI=1S/C25H22BF9NO4.C6H2F3/c1-6-36(3,4)25(2,37-5)20-19(11-18(31)23(34)24(20)35)40-26(38-12-7-14(27)21(32)15(28)8-12)39-13-9-16(29)22(33)17(30)10-13;7-4-2-1-3-5(8)6(4)9/h7-11H,6H2,1-5H3;2-3H/q+1;-1. The van der Waals surface area contributed by atoms with Crippen molar-refractivity contribution < 1.29 is 75.9 Å². The van der Waals surface area contributed by atoms with Gasteiger partial charge in [-0.15, -0.1) is 12.1 Å². The number of quaternary nitrogens is 1. The summed E-state index contributed by atoms with van der Waals surface area (Å²) in [4.78, 5) is 0. The van der Waals surface area contributed by atoms with Crippen LogP contribution < -0.4 is 14.0 Å². The fourth-order valence-corrected chi connectivity index (χ4v) is 4.08. The van der Waals surface area contributed by atoms with E-state index >= 15 is 4.39 Å². The number of hydrogen-bond acceptors (Lipinski definition) is 4.